The minimum absolute atomic E-state index is 0.0822. The highest BCUT2D eigenvalue weighted by atomic mass is 16.5. The number of ether oxygens (including phenoxy) is 2. The van der Waals surface area contributed by atoms with E-state index >= 15 is 0 Å². The first-order chi connectivity index (χ1) is 8.54. The quantitative estimate of drug-likeness (QED) is 0.745. The van der Waals surface area contributed by atoms with Gasteiger partial charge in [-0.3, -0.25) is 9.69 Å². The Bertz CT molecular complexity index is 257. The van der Waals surface area contributed by atoms with Crippen molar-refractivity contribution in [2.45, 2.75) is 38.8 Å². The van der Waals surface area contributed by atoms with Crippen LogP contribution >= 0.6 is 0 Å². The minimum atomic E-state index is -0.779. The smallest absolute Gasteiger partial charge is 0.317 e. The first-order valence-corrected chi connectivity index (χ1v) is 6.61. The van der Waals surface area contributed by atoms with Crippen LogP contribution in [0, 0.1) is 5.92 Å². The molecule has 0 spiro atoms. The van der Waals surface area contributed by atoms with E-state index in [4.69, 9.17) is 14.6 Å². The fraction of sp³-hybridized carbons (Fsp3) is 0.923. The van der Waals surface area contributed by atoms with Crippen molar-refractivity contribution < 1.29 is 19.4 Å². The molecule has 18 heavy (non-hydrogen) atoms. The number of nitrogens with zero attached hydrogens (tertiary/aromatic N) is 1. The first-order valence-electron chi connectivity index (χ1n) is 6.61. The van der Waals surface area contributed by atoms with Crippen LogP contribution in [-0.4, -0.2) is 61.5 Å². The summed E-state index contributed by atoms with van der Waals surface area (Å²) < 4.78 is 10.8. The van der Waals surface area contributed by atoms with Gasteiger partial charge in [-0.1, -0.05) is 13.8 Å². The Morgan fingerprint density at radius 3 is 2.83 bits per heavy atom. The van der Waals surface area contributed by atoms with Crippen molar-refractivity contribution in [2.24, 2.45) is 5.92 Å². The van der Waals surface area contributed by atoms with Crippen molar-refractivity contribution in [1.29, 1.82) is 0 Å². The van der Waals surface area contributed by atoms with Crippen LogP contribution in [-0.2, 0) is 14.3 Å². The van der Waals surface area contributed by atoms with Crippen LogP contribution < -0.4 is 0 Å². The van der Waals surface area contributed by atoms with Gasteiger partial charge in [0.1, 0.15) is 0 Å². The molecule has 1 aliphatic heterocycles. The second-order valence-electron chi connectivity index (χ2n) is 5.19. The molecule has 5 nitrogen and oxygen atoms in total. The summed E-state index contributed by atoms with van der Waals surface area (Å²) >= 11 is 0. The minimum Gasteiger partial charge on any atom is -0.480 e. The van der Waals surface area contributed by atoms with Gasteiger partial charge in [-0.25, -0.2) is 0 Å². The molecule has 0 amide bonds. The van der Waals surface area contributed by atoms with Crippen molar-refractivity contribution >= 4 is 5.97 Å². The molecule has 1 rings (SSSR count). The van der Waals surface area contributed by atoms with E-state index in [2.05, 4.69) is 13.8 Å². The van der Waals surface area contributed by atoms with E-state index in [-0.39, 0.29) is 18.7 Å². The molecular formula is C13H25NO4. The van der Waals surface area contributed by atoms with Crippen LogP contribution in [0.1, 0.15) is 26.7 Å². The van der Waals surface area contributed by atoms with Crippen molar-refractivity contribution in [3.63, 3.8) is 0 Å². The third kappa shape index (κ3) is 4.92. The molecule has 2 atom stereocenters. The maximum absolute atomic E-state index is 10.9. The molecular weight excluding hydrogens is 234 g/mol. The molecule has 1 fully saturated rings. The highest BCUT2D eigenvalue weighted by Gasteiger charge is 2.29. The molecule has 0 aromatic carbocycles. The van der Waals surface area contributed by atoms with Crippen LogP contribution in [0.2, 0.25) is 0 Å². The normalized spacial score (nSPS) is 24.7. The van der Waals surface area contributed by atoms with E-state index in [1.807, 2.05) is 4.90 Å². The fourth-order valence-corrected chi connectivity index (χ4v) is 2.38. The molecule has 1 saturated heterocycles. The first kappa shape index (κ1) is 15.4. The third-order valence-electron chi connectivity index (χ3n) is 3.47. The number of hydrogen-bond donors (Lipinski definition) is 1. The van der Waals surface area contributed by atoms with Gasteiger partial charge in [0.05, 0.1) is 19.3 Å². The summed E-state index contributed by atoms with van der Waals surface area (Å²) in [5.41, 5.74) is 0. The number of methoxy groups -OCH3 is 1. The summed E-state index contributed by atoms with van der Waals surface area (Å²) in [4.78, 5) is 12.9. The molecule has 0 saturated carbocycles. The molecule has 1 aliphatic rings. The Kier molecular flexibility index (Phi) is 6.60. The lowest BCUT2D eigenvalue weighted by Crippen LogP contribution is -2.46. The molecule has 1 heterocycles. The highest BCUT2D eigenvalue weighted by Crippen LogP contribution is 2.23. The lowest BCUT2D eigenvalue weighted by molar-refractivity contribution is -0.140. The lowest BCUT2D eigenvalue weighted by atomic mass is 9.94. The Hall–Kier alpha value is -0.650. The lowest BCUT2D eigenvalue weighted by Gasteiger charge is -2.38. The Morgan fingerprint density at radius 1 is 1.56 bits per heavy atom. The van der Waals surface area contributed by atoms with E-state index in [9.17, 15) is 4.79 Å². The predicted octanol–water partition coefficient (Wildman–Crippen LogP) is 1.22. The number of aliphatic carboxylic acids is 1. The summed E-state index contributed by atoms with van der Waals surface area (Å²) in [6, 6.07) is 0.289. The van der Waals surface area contributed by atoms with E-state index < -0.39 is 5.97 Å². The number of carboxylic acid groups (broad SMARTS) is 1. The summed E-state index contributed by atoms with van der Waals surface area (Å²) in [5, 5.41) is 8.98. The average molecular weight is 259 g/mol. The summed E-state index contributed by atoms with van der Waals surface area (Å²) in [6.45, 7) is 6.32. The summed E-state index contributed by atoms with van der Waals surface area (Å²) in [7, 11) is 1.64. The Balaban J connectivity index is 2.56. The topological polar surface area (TPSA) is 59.0 Å². The van der Waals surface area contributed by atoms with Gasteiger partial charge in [0.25, 0.3) is 0 Å². The second-order valence-corrected chi connectivity index (χ2v) is 5.19. The van der Waals surface area contributed by atoms with Crippen molar-refractivity contribution in [3.05, 3.63) is 0 Å². The number of carboxylic acids is 1. The molecule has 0 bridgehead atoms. The number of rotatable bonds is 7. The van der Waals surface area contributed by atoms with Gasteiger partial charge in [-0.15, -0.1) is 0 Å². The van der Waals surface area contributed by atoms with E-state index in [0.29, 0.717) is 19.1 Å². The predicted molar refractivity (Wildman–Crippen MR) is 68.7 cm³/mol. The molecule has 0 radical (unpaired) electrons. The zero-order valence-corrected chi connectivity index (χ0v) is 11.6. The second kappa shape index (κ2) is 7.71. The third-order valence-corrected chi connectivity index (χ3v) is 3.47. The van der Waals surface area contributed by atoms with Crippen LogP contribution in [0.3, 0.4) is 0 Å². The van der Waals surface area contributed by atoms with Gasteiger partial charge in [0.2, 0.25) is 0 Å². The molecule has 106 valence electrons. The standard InChI is InChI=1S/C13H25NO4/c1-10(2)12-8-11(4-6-18-12)14(5-7-17-3)9-13(15)16/h10-12H,4-9H2,1-3H3,(H,15,16). The maximum Gasteiger partial charge on any atom is 0.317 e. The van der Waals surface area contributed by atoms with Gasteiger partial charge in [0.15, 0.2) is 0 Å². The zero-order valence-electron chi connectivity index (χ0n) is 11.6. The van der Waals surface area contributed by atoms with Crippen molar-refractivity contribution in [2.75, 3.05) is 33.4 Å². The van der Waals surface area contributed by atoms with Crippen LogP contribution in [0.4, 0.5) is 0 Å². The monoisotopic (exact) mass is 259 g/mol. The molecule has 5 heteroatoms. The van der Waals surface area contributed by atoms with Crippen molar-refractivity contribution in [1.82, 2.24) is 4.90 Å². The van der Waals surface area contributed by atoms with Crippen LogP contribution in [0.15, 0.2) is 0 Å². The zero-order chi connectivity index (χ0) is 13.5. The van der Waals surface area contributed by atoms with Crippen molar-refractivity contribution in [3.8, 4) is 0 Å². The van der Waals surface area contributed by atoms with Crippen LogP contribution in [0.25, 0.3) is 0 Å². The Labute approximate surface area is 109 Å². The maximum atomic E-state index is 10.9. The SMILES string of the molecule is COCCN(CC(=O)O)C1CCOC(C(C)C)C1. The fourth-order valence-electron chi connectivity index (χ4n) is 2.38. The highest BCUT2D eigenvalue weighted by molar-refractivity contribution is 5.69. The molecule has 0 aromatic heterocycles. The van der Waals surface area contributed by atoms with Gasteiger partial charge in [-0.05, 0) is 18.8 Å². The van der Waals surface area contributed by atoms with Gasteiger partial charge >= 0.3 is 5.97 Å². The number of hydrogen-bond acceptors (Lipinski definition) is 4. The largest absolute Gasteiger partial charge is 0.480 e. The number of carbonyl (C=O) groups is 1. The van der Waals surface area contributed by atoms with E-state index in [0.717, 1.165) is 19.4 Å². The van der Waals surface area contributed by atoms with Gasteiger partial charge in [0, 0.05) is 26.3 Å². The average Bonchev–Trinajstić information content (AvgIpc) is 2.34. The Morgan fingerprint density at radius 2 is 2.28 bits per heavy atom. The van der Waals surface area contributed by atoms with E-state index in [1.54, 1.807) is 7.11 Å². The molecule has 0 aromatic rings. The molecule has 0 aliphatic carbocycles. The molecule has 2 unspecified atom stereocenters. The van der Waals surface area contributed by atoms with E-state index in [1.165, 1.54) is 0 Å². The summed E-state index contributed by atoms with van der Waals surface area (Å²) in [5.74, 6) is -0.305. The molecule has 1 N–H and O–H groups in total. The summed E-state index contributed by atoms with van der Waals surface area (Å²) in [6.07, 6.45) is 2.05. The van der Waals surface area contributed by atoms with Gasteiger partial charge in [-0.2, -0.15) is 0 Å². The van der Waals surface area contributed by atoms with Gasteiger partial charge < -0.3 is 14.6 Å². The van der Waals surface area contributed by atoms with Crippen LogP contribution in [0.5, 0.6) is 0 Å².